The highest BCUT2D eigenvalue weighted by Crippen LogP contribution is 2.28. The van der Waals surface area contributed by atoms with E-state index >= 15 is 0 Å². The molecule has 1 aromatic heterocycles. The third kappa shape index (κ3) is 4.05. The Morgan fingerprint density at radius 3 is 2.85 bits per heavy atom. The van der Waals surface area contributed by atoms with Gasteiger partial charge in [-0.15, -0.1) is 0 Å². The SMILES string of the molecule is O=C(O)Cn1ccc(NC(=O)CCN2C(=O)CCc3cc(F)ccc32)n1. The first-order valence-electron chi connectivity index (χ1n) is 8.06. The fourth-order valence-corrected chi connectivity index (χ4v) is 2.85. The monoisotopic (exact) mass is 360 g/mol. The number of carboxylic acid groups (broad SMARTS) is 1. The van der Waals surface area contributed by atoms with Crippen molar-refractivity contribution in [1.29, 1.82) is 0 Å². The van der Waals surface area contributed by atoms with E-state index in [1.807, 2.05) is 0 Å². The zero-order valence-electron chi connectivity index (χ0n) is 13.8. The third-order valence-corrected chi connectivity index (χ3v) is 4.01. The molecule has 1 aliphatic rings. The van der Waals surface area contributed by atoms with Gasteiger partial charge in [0.1, 0.15) is 12.4 Å². The number of rotatable bonds is 6. The smallest absolute Gasteiger partial charge is 0.325 e. The van der Waals surface area contributed by atoms with Gasteiger partial charge in [0.05, 0.1) is 0 Å². The van der Waals surface area contributed by atoms with Crippen LogP contribution >= 0.6 is 0 Å². The van der Waals surface area contributed by atoms with Gasteiger partial charge in [0.15, 0.2) is 5.82 Å². The van der Waals surface area contributed by atoms with Crippen LogP contribution in [0, 0.1) is 5.82 Å². The van der Waals surface area contributed by atoms with Crippen LogP contribution in [0.5, 0.6) is 0 Å². The molecular weight excluding hydrogens is 343 g/mol. The highest BCUT2D eigenvalue weighted by Gasteiger charge is 2.24. The van der Waals surface area contributed by atoms with E-state index in [9.17, 15) is 18.8 Å². The molecule has 2 N–H and O–H groups in total. The van der Waals surface area contributed by atoms with Gasteiger partial charge in [0.25, 0.3) is 0 Å². The number of hydrogen-bond acceptors (Lipinski definition) is 4. The maximum atomic E-state index is 13.3. The molecule has 0 radical (unpaired) electrons. The lowest BCUT2D eigenvalue weighted by molar-refractivity contribution is -0.137. The topological polar surface area (TPSA) is 105 Å². The molecule has 2 amide bonds. The Kier molecular flexibility index (Phi) is 4.97. The van der Waals surface area contributed by atoms with Crippen LogP contribution in [-0.2, 0) is 27.3 Å². The van der Waals surface area contributed by atoms with Crippen molar-refractivity contribution >= 4 is 29.3 Å². The first-order valence-corrected chi connectivity index (χ1v) is 8.06. The molecule has 26 heavy (non-hydrogen) atoms. The quantitative estimate of drug-likeness (QED) is 0.811. The normalized spacial score (nSPS) is 13.4. The van der Waals surface area contributed by atoms with Gasteiger partial charge < -0.3 is 15.3 Å². The van der Waals surface area contributed by atoms with Crippen molar-refractivity contribution in [1.82, 2.24) is 9.78 Å². The van der Waals surface area contributed by atoms with Crippen molar-refractivity contribution in [2.24, 2.45) is 0 Å². The Labute approximate surface area is 148 Å². The summed E-state index contributed by atoms with van der Waals surface area (Å²) in [5.74, 6) is -1.61. The summed E-state index contributed by atoms with van der Waals surface area (Å²) in [5.41, 5.74) is 1.37. The number of hydrogen-bond donors (Lipinski definition) is 2. The van der Waals surface area contributed by atoms with E-state index in [1.54, 1.807) is 6.07 Å². The van der Waals surface area contributed by atoms with E-state index in [0.29, 0.717) is 12.1 Å². The van der Waals surface area contributed by atoms with E-state index < -0.39 is 5.97 Å². The Hall–Kier alpha value is -3.23. The summed E-state index contributed by atoms with van der Waals surface area (Å²) < 4.78 is 14.5. The van der Waals surface area contributed by atoms with Crippen LogP contribution in [0.15, 0.2) is 30.5 Å². The van der Waals surface area contributed by atoms with E-state index in [1.165, 1.54) is 34.0 Å². The van der Waals surface area contributed by atoms with Crippen molar-refractivity contribution in [2.45, 2.75) is 25.8 Å². The molecule has 3 rings (SSSR count). The zero-order valence-corrected chi connectivity index (χ0v) is 13.8. The fraction of sp³-hybridized carbons (Fsp3) is 0.294. The van der Waals surface area contributed by atoms with E-state index in [4.69, 9.17) is 5.11 Å². The molecule has 0 saturated heterocycles. The van der Waals surface area contributed by atoms with Crippen LogP contribution in [0.1, 0.15) is 18.4 Å². The summed E-state index contributed by atoms with van der Waals surface area (Å²) in [5, 5.41) is 15.2. The van der Waals surface area contributed by atoms with Crippen LogP contribution in [-0.4, -0.2) is 39.2 Å². The van der Waals surface area contributed by atoms with Gasteiger partial charge in [-0.2, -0.15) is 5.10 Å². The summed E-state index contributed by atoms with van der Waals surface area (Å²) in [7, 11) is 0. The van der Waals surface area contributed by atoms with E-state index in [0.717, 1.165) is 5.56 Å². The van der Waals surface area contributed by atoms with Crippen LogP contribution in [0.2, 0.25) is 0 Å². The number of carboxylic acids is 1. The molecule has 2 aromatic rings. The Morgan fingerprint density at radius 2 is 2.08 bits per heavy atom. The largest absolute Gasteiger partial charge is 0.480 e. The maximum absolute atomic E-state index is 13.3. The molecule has 0 fully saturated rings. The van der Waals surface area contributed by atoms with E-state index in [2.05, 4.69) is 10.4 Å². The molecule has 0 unspecified atom stereocenters. The van der Waals surface area contributed by atoms with Crippen molar-refractivity contribution < 1.29 is 23.9 Å². The Morgan fingerprint density at radius 1 is 1.27 bits per heavy atom. The highest BCUT2D eigenvalue weighted by molar-refractivity contribution is 5.97. The number of amides is 2. The molecule has 136 valence electrons. The van der Waals surface area contributed by atoms with Crippen LogP contribution in [0.25, 0.3) is 0 Å². The lowest BCUT2D eigenvalue weighted by atomic mass is 10.0. The van der Waals surface area contributed by atoms with Gasteiger partial charge in [-0.1, -0.05) is 0 Å². The third-order valence-electron chi connectivity index (χ3n) is 4.01. The second kappa shape index (κ2) is 7.34. The van der Waals surface area contributed by atoms with E-state index in [-0.39, 0.29) is 49.4 Å². The van der Waals surface area contributed by atoms with Gasteiger partial charge >= 0.3 is 5.97 Å². The standard InChI is InChI=1S/C17H17FN4O4/c18-12-2-3-13-11(9-12)1-4-16(24)22(13)8-6-15(23)19-14-5-7-21(20-14)10-17(25)26/h2-3,5,7,9H,1,4,6,8,10H2,(H,25,26)(H,19,20,23). The van der Waals surface area contributed by atoms with Gasteiger partial charge in [0.2, 0.25) is 11.8 Å². The predicted octanol–water partition coefficient (Wildman–Crippen LogP) is 1.41. The van der Waals surface area contributed by atoms with Crippen LogP contribution in [0.4, 0.5) is 15.9 Å². The molecule has 1 aromatic carbocycles. The number of carbonyl (C=O) groups excluding carboxylic acids is 2. The van der Waals surface area contributed by atoms with Gasteiger partial charge in [-0.25, -0.2) is 4.39 Å². The average Bonchev–Trinajstić information content (AvgIpc) is 3.00. The number of fused-ring (bicyclic) bond motifs is 1. The van der Waals surface area contributed by atoms with Crippen molar-refractivity contribution in [3.63, 3.8) is 0 Å². The van der Waals surface area contributed by atoms with Gasteiger partial charge in [-0.05, 0) is 30.2 Å². The number of anilines is 2. The summed E-state index contributed by atoms with van der Waals surface area (Å²) >= 11 is 0. The molecule has 2 heterocycles. The maximum Gasteiger partial charge on any atom is 0.325 e. The summed E-state index contributed by atoms with van der Waals surface area (Å²) in [6.07, 6.45) is 2.24. The predicted molar refractivity (Wildman–Crippen MR) is 90.2 cm³/mol. The summed E-state index contributed by atoms with van der Waals surface area (Å²) in [4.78, 5) is 36.3. The lowest BCUT2D eigenvalue weighted by Gasteiger charge is -2.29. The van der Waals surface area contributed by atoms with Crippen molar-refractivity contribution in [3.8, 4) is 0 Å². The van der Waals surface area contributed by atoms with Crippen molar-refractivity contribution in [3.05, 3.63) is 41.8 Å². The molecular formula is C17H17FN4O4. The second-order valence-electron chi connectivity index (χ2n) is 5.91. The Balaban J connectivity index is 1.60. The van der Waals surface area contributed by atoms with Crippen LogP contribution in [0.3, 0.4) is 0 Å². The molecule has 0 bridgehead atoms. The minimum atomic E-state index is -1.04. The number of halogens is 1. The highest BCUT2D eigenvalue weighted by atomic mass is 19.1. The van der Waals surface area contributed by atoms with Crippen molar-refractivity contribution in [2.75, 3.05) is 16.8 Å². The number of nitrogens with one attached hydrogen (secondary N) is 1. The van der Waals surface area contributed by atoms with Gasteiger partial charge in [0, 0.05) is 37.3 Å². The van der Waals surface area contributed by atoms with Crippen LogP contribution < -0.4 is 10.2 Å². The minimum absolute atomic E-state index is 0.0361. The number of carbonyl (C=O) groups is 3. The Bertz CT molecular complexity index is 864. The molecule has 8 nitrogen and oxygen atoms in total. The molecule has 1 aliphatic heterocycles. The number of nitrogens with zero attached hydrogens (tertiary/aromatic N) is 3. The lowest BCUT2D eigenvalue weighted by Crippen LogP contribution is -2.37. The first kappa shape index (κ1) is 17.6. The minimum Gasteiger partial charge on any atom is -0.480 e. The summed E-state index contributed by atoms with van der Waals surface area (Å²) in [6, 6.07) is 5.74. The summed E-state index contributed by atoms with van der Waals surface area (Å²) in [6.45, 7) is -0.134. The molecule has 0 atom stereocenters. The number of benzene rings is 1. The molecule has 0 spiro atoms. The molecule has 9 heteroatoms. The number of aliphatic carboxylic acids is 1. The zero-order chi connectivity index (χ0) is 18.7. The number of aromatic nitrogens is 2. The second-order valence-corrected chi connectivity index (χ2v) is 5.91. The fourth-order valence-electron chi connectivity index (χ4n) is 2.85. The molecule has 0 saturated carbocycles. The van der Waals surface area contributed by atoms with Gasteiger partial charge in [-0.3, -0.25) is 19.1 Å². The average molecular weight is 360 g/mol. The first-order chi connectivity index (χ1) is 12.4. The molecule has 0 aliphatic carbocycles. The number of aryl methyl sites for hydroxylation is 1.